The highest BCUT2D eigenvalue weighted by Crippen LogP contribution is 2.07. The highest BCUT2D eigenvalue weighted by molar-refractivity contribution is 6.38. The zero-order valence-electron chi connectivity index (χ0n) is 21.1. The number of aliphatic carboxylic acids is 1. The van der Waals surface area contributed by atoms with Gasteiger partial charge in [0.1, 0.15) is 12.6 Å². The van der Waals surface area contributed by atoms with Gasteiger partial charge in [0, 0.05) is 13.0 Å². The van der Waals surface area contributed by atoms with Gasteiger partial charge < -0.3 is 31.5 Å². The van der Waals surface area contributed by atoms with Crippen LogP contribution in [0.25, 0.3) is 0 Å². The molecule has 0 radical (unpaired) electrons. The minimum absolute atomic E-state index is 0.0538. The number of carbonyl (C=O) groups excluding carboxylic acids is 4. The van der Waals surface area contributed by atoms with Crippen molar-refractivity contribution in [3.8, 4) is 0 Å². The maximum atomic E-state index is 13.0. The van der Waals surface area contributed by atoms with Gasteiger partial charge in [-0.1, -0.05) is 60.7 Å². The number of benzene rings is 2. The summed E-state index contributed by atoms with van der Waals surface area (Å²) in [6, 6.07) is 15.4. The Morgan fingerprint density at radius 2 is 1.45 bits per heavy atom. The van der Waals surface area contributed by atoms with Crippen LogP contribution in [-0.2, 0) is 37.1 Å². The molecular weight excluding hydrogens is 492 g/mol. The minimum atomic E-state index is -1.30. The zero-order valence-corrected chi connectivity index (χ0v) is 21.1. The molecule has 0 bridgehead atoms. The van der Waals surface area contributed by atoms with Crippen molar-refractivity contribution in [3.63, 3.8) is 0 Å². The van der Waals surface area contributed by atoms with Crippen LogP contribution in [0.1, 0.15) is 43.2 Å². The number of nitrogens with one attached hydrogen (secondary N) is 3. The van der Waals surface area contributed by atoms with E-state index < -0.39 is 48.2 Å². The number of hydrogen-bond acceptors (Lipinski definition) is 7. The Morgan fingerprint density at radius 3 is 2.05 bits per heavy atom. The fraction of sp³-hybridized carbons (Fsp3) is 0.370. The molecule has 3 amide bonds. The van der Waals surface area contributed by atoms with Crippen molar-refractivity contribution in [2.24, 2.45) is 5.73 Å². The van der Waals surface area contributed by atoms with Crippen LogP contribution >= 0.6 is 0 Å². The molecule has 0 aromatic heterocycles. The van der Waals surface area contributed by atoms with Crippen LogP contribution in [0.5, 0.6) is 0 Å². The SMILES string of the molecule is NCCCC[C@H](NC(=O)[C@H](CCC(=O)O)NC(=O)OCc1ccccc1)C(=O)C(=O)NCc1ccccc1. The first-order valence-electron chi connectivity index (χ1n) is 12.4. The molecule has 0 aliphatic rings. The second-order valence-corrected chi connectivity index (χ2v) is 8.57. The minimum Gasteiger partial charge on any atom is -0.481 e. The second-order valence-electron chi connectivity index (χ2n) is 8.57. The number of carbonyl (C=O) groups is 5. The summed E-state index contributed by atoms with van der Waals surface area (Å²) < 4.78 is 5.14. The number of alkyl carbamates (subject to hydrolysis) is 1. The molecule has 0 saturated carbocycles. The lowest BCUT2D eigenvalue weighted by molar-refractivity contribution is -0.140. The predicted octanol–water partition coefficient (Wildman–Crippen LogP) is 1.65. The Kier molecular flexibility index (Phi) is 13.0. The summed E-state index contributed by atoms with van der Waals surface area (Å²) in [6.45, 7) is 0.442. The number of amides is 3. The Morgan fingerprint density at radius 1 is 0.816 bits per heavy atom. The first-order chi connectivity index (χ1) is 18.3. The van der Waals surface area contributed by atoms with Gasteiger partial charge in [-0.3, -0.25) is 19.2 Å². The normalized spacial score (nSPS) is 12.0. The lowest BCUT2D eigenvalue weighted by atomic mass is 10.0. The van der Waals surface area contributed by atoms with Crippen molar-refractivity contribution >= 4 is 29.7 Å². The highest BCUT2D eigenvalue weighted by atomic mass is 16.5. The summed E-state index contributed by atoms with van der Waals surface area (Å²) in [5, 5.41) is 16.5. The van der Waals surface area contributed by atoms with Crippen LogP contribution in [0.15, 0.2) is 60.7 Å². The quantitative estimate of drug-likeness (QED) is 0.162. The van der Waals surface area contributed by atoms with E-state index in [4.69, 9.17) is 15.6 Å². The Balaban J connectivity index is 2.04. The Hall–Kier alpha value is -4.25. The number of nitrogens with two attached hydrogens (primary N) is 1. The molecule has 204 valence electrons. The van der Waals surface area contributed by atoms with Gasteiger partial charge in [-0.15, -0.1) is 0 Å². The van der Waals surface area contributed by atoms with Gasteiger partial charge in [0.25, 0.3) is 5.91 Å². The number of unbranched alkanes of at least 4 members (excludes halogenated alkanes) is 1. The molecule has 0 aliphatic heterocycles. The van der Waals surface area contributed by atoms with Crippen molar-refractivity contribution in [2.75, 3.05) is 6.54 Å². The number of ether oxygens (including phenoxy) is 1. The highest BCUT2D eigenvalue weighted by Gasteiger charge is 2.30. The predicted molar refractivity (Wildman–Crippen MR) is 139 cm³/mol. The zero-order chi connectivity index (χ0) is 27.8. The molecular formula is C27H34N4O7. The van der Waals surface area contributed by atoms with Crippen LogP contribution in [0.4, 0.5) is 4.79 Å². The fourth-order valence-electron chi connectivity index (χ4n) is 3.50. The number of carboxylic acids is 1. The average molecular weight is 527 g/mol. The largest absolute Gasteiger partial charge is 0.481 e. The first kappa shape index (κ1) is 30.0. The molecule has 0 fully saturated rings. The monoisotopic (exact) mass is 526 g/mol. The smallest absolute Gasteiger partial charge is 0.408 e. The van der Waals surface area contributed by atoms with Crippen LogP contribution in [0, 0.1) is 0 Å². The molecule has 2 atom stereocenters. The van der Waals surface area contributed by atoms with Crippen molar-refractivity contribution in [3.05, 3.63) is 71.8 Å². The van der Waals surface area contributed by atoms with Crippen molar-refractivity contribution in [1.29, 1.82) is 0 Å². The fourth-order valence-corrected chi connectivity index (χ4v) is 3.50. The van der Waals surface area contributed by atoms with Gasteiger partial charge in [0.05, 0.1) is 6.04 Å². The molecule has 2 rings (SSSR count). The molecule has 0 saturated heterocycles. The molecule has 6 N–H and O–H groups in total. The van der Waals surface area contributed by atoms with Gasteiger partial charge >= 0.3 is 12.1 Å². The third-order valence-electron chi connectivity index (χ3n) is 5.57. The van der Waals surface area contributed by atoms with Crippen LogP contribution in [0.2, 0.25) is 0 Å². The lowest BCUT2D eigenvalue weighted by Crippen LogP contribution is -2.54. The van der Waals surface area contributed by atoms with E-state index in [0.29, 0.717) is 19.4 Å². The van der Waals surface area contributed by atoms with E-state index in [1.54, 1.807) is 48.5 Å². The maximum Gasteiger partial charge on any atom is 0.408 e. The van der Waals surface area contributed by atoms with Crippen molar-refractivity contribution in [1.82, 2.24) is 16.0 Å². The number of Topliss-reactive ketones (excluding diaryl/α,β-unsaturated/α-hetero) is 1. The standard InChI is InChI=1S/C27H34N4O7/c28-16-8-7-13-21(24(34)26(36)29-17-19-9-3-1-4-10-19)30-25(35)22(14-15-23(32)33)31-27(37)38-18-20-11-5-2-6-12-20/h1-6,9-12,21-22H,7-8,13-18,28H2,(H,29,36)(H,30,35)(H,31,37)(H,32,33)/t21-,22-/m0/s1. The summed E-state index contributed by atoms with van der Waals surface area (Å²) in [5.41, 5.74) is 7.06. The van der Waals surface area contributed by atoms with E-state index in [1.807, 2.05) is 12.1 Å². The van der Waals surface area contributed by atoms with Crippen molar-refractivity contribution in [2.45, 2.75) is 57.3 Å². The maximum absolute atomic E-state index is 13.0. The average Bonchev–Trinajstić information content (AvgIpc) is 2.92. The Bertz CT molecular complexity index is 1060. The second kappa shape index (κ2) is 16.5. The molecule has 38 heavy (non-hydrogen) atoms. The number of carboxylic acid groups (broad SMARTS) is 1. The third-order valence-corrected chi connectivity index (χ3v) is 5.57. The van der Waals surface area contributed by atoms with Crippen LogP contribution in [-0.4, -0.2) is 53.4 Å². The molecule has 11 heteroatoms. The van der Waals surface area contributed by atoms with E-state index in [2.05, 4.69) is 16.0 Å². The first-order valence-corrected chi connectivity index (χ1v) is 12.4. The third kappa shape index (κ3) is 11.2. The van der Waals surface area contributed by atoms with E-state index in [0.717, 1.165) is 11.1 Å². The van der Waals surface area contributed by atoms with E-state index in [-0.39, 0.29) is 26.0 Å². The molecule has 2 aromatic rings. The number of ketones is 1. The molecule has 0 spiro atoms. The molecule has 2 aromatic carbocycles. The summed E-state index contributed by atoms with van der Waals surface area (Å²) >= 11 is 0. The summed E-state index contributed by atoms with van der Waals surface area (Å²) in [4.78, 5) is 61.9. The van der Waals surface area contributed by atoms with E-state index >= 15 is 0 Å². The van der Waals surface area contributed by atoms with E-state index in [1.165, 1.54) is 0 Å². The van der Waals surface area contributed by atoms with Crippen molar-refractivity contribution < 1.29 is 33.8 Å². The molecule has 0 heterocycles. The Labute approximate surface area is 221 Å². The van der Waals surface area contributed by atoms with Crippen LogP contribution < -0.4 is 21.7 Å². The molecule has 0 aliphatic carbocycles. The number of hydrogen-bond donors (Lipinski definition) is 5. The van der Waals surface area contributed by atoms with Gasteiger partial charge in [0.2, 0.25) is 11.7 Å². The lowest BCUT2D eigenvalue weighted by Gasteiger charge is -2.22. The van der Waals surface area contributed by atoms with Gasteiger partial charge in [-0.25, -0.2) is 4.79 Å². The summed E-state index contributed by atoms with van der Waals surface area (Å²) in [5.74, 6) is -3.69. The van der Waals surface area contributed by atoms with Crippen LogP contribution in [0.3, 0.4) is 0 Å². The molecule has 11 nitrogen and oxygen atoms in total. The number of rotatable bonds is 16. The molecule has 0 unspecified atom stereocenters. The van der Waals surface area contributed by atoms with E-state index in [9.17, 15) is 24.0 Å². The summed E-state index contributed by atoms with van der Waals surface area (Å²) in [6.07, 6.45) is -0.411. The topological polar surface area (TPSA) is 177 Å². The summed E-state index contributed by atoms with van der Waals surface area (Å²) in [7, 11) is 0. The van der Waals surface area contributed by atoms with Gasteiger partial charge in [-0.2, -0.15) is 0 Å². The van der Waals surface area contributed by atoms with Gasteiger partial charge in [-0.05, 0) is 43.4 Å². The van der Waals surface area contributed by atoms with Gasteiger partial charge in [0.15, 0.2) is 0 Å².